The van der Waals surface area contributed by atoms with Crippen LogP contribution in [-0.4, -0.2) is 30.8 Å². The molecule has 0 fully saturated rings. The second-order valence-corrected chi connectivity index (χ2v) is 5.96. The number of rotatable bonds is 6. The minimum Gasteiger partial charge on any atom is -0.493 e. The van der Waals surface area contributed by atoms with Gasteiger partial charge in [0.2, 0.25) is 0 Å². The van der Waals surface area contributed by atoms with Crippen molar-refractivity contribution in [1.29, 1.82) is 0 Å². The Morgan fingerprint density at radius 1 is 1.12 bits per heavy atom. The summed E-state index contributed by atoms with van der Waals surface area (Å²) in [5.41, 5.74) is 3.31. The van der Waals surface area contributed by atoms with E-state index in [9.17, 15) is 0 Å². The van der Waals surface area contributed by atoms with Crippen LogP contribution in [0.4, 0.5) is 5.69 Å². The first-order valence-electron chi connectivity index (χ1n) is 7.92. The van der Waals surface area contributed by atoms with Gasteiger partial charge < -0.3 is 19.7 Å². The predicted molar refractivity (Wildman–Crippen MR) is 103 cm³/mol. The van der Waals surface area contributed by atoms with Gasteiger partial charge in [0.05, 0.1) is 13.7 Å². The van der Waals surface area contributed by atoms with Crippen molar-refractivity contribution in [3.8, 4) is 11.5 Å². The minimum absolute atomic E-state index is 0.611. The van der Waals surface area contributed by atoms with E-state index >= 15 is 0 Å². The molecule has 2 aromatic rings. The van der Waals surface area contributed by atoms with Gasteiger partial charge >= 0.3 is 0 Å². The Bertz CT molecular complexity index is 686. The van der Waals surface area contributed by atoms with Crippen LogP contribution in [-0.2, 0) is 6.54 Å². The molecule has 128 valence electrons. The van der Waals surface area contributed by atoms with E-state index < -0.39 is 0 Å². The molecule has 0 unspecified atom stereocenters. The van der Waals surface area contributed by atoms with Gasteiger partial charge in [0.25, 0.3) is 0 Å². The molecule has 0 aliphatic rings. The number of methoxy groups -OCH3 is 1. The Morgan fingerprint density at radius 2 is 1.83 bits per heavy atom. The first kappa shape index (κ1) is 18.1. The van der Waals surface area contributed by atoms with Crippen LogP contribution < -0.4 is 14.8 Å². The van der Waals surface area contributed by atoms with Gasteiger partial charge in [-0.1, -0.05) is 23.8 Å². The van der Waals surface area contributed by atoms with Gasteiger partial charge in [0.15, 0.2) is 16.6 Å². The van der Waals surface area contributed by atoms with Crippen molar-refractivity contribution in [2.75, 3.05) is 26.1 Å². The number of ether oxygens (including phenoxy) is 2. The van der Waals surface area contributed by atoms with E-state index in [2.05, 4.69) is 24.4 Å². The summed E-state index contributed by atoms with van der Waals surface area (Å²) in [6.07, 6.45) is 0. The zero-order chi connectivity index (χ0) is 17.5. The normalized spacial score (nSPS) is 10.2. The van der Waals surface area contributed by atoms with E-state index in [-0.39, 0.29) is 0 Å². The highest BCUT2D eigenvalue weighted by Crippen LogP contribution is 2.28. The lowest BCUT2D eigenvalue weighted by atomic mass is 10.2. The molecule has 0 spiro atoms. The highest BCUT2D eigenvalue weighted by atomic mass is 32.1. The highest BCUT2D eigenvalue weighted by Gasteiger charge is 2.09. The number of aryl methyl sites for hydroxylation is 1. The maximum absolute atomic E-state index is 5.55. The Balaban J connectivity index is 2.01. The van der Waals surface area contributed by atoms with Crippen molar-refractivity contribution in [3.05, 3.63) is 53.6 Å². The molecule has 24 heavy (non-hydrogen) atoms. The standard InChI is InChI=1S/C19H24N2O2S/c1-5-23-17-11-8-15(12-18(17)22-4)13-21(3)19(24)20-16-9-6-14(2)7-10-16/h6-12H,5,13H2,1-4H3,(H,20,24). The number of hydrogen-bond acceptors (Lipinski definition) is 3. The van der Waals surface area contributed by atoms with Gasteiger partial charge in [-0.3, -0.25) is 0 Å². The molecule has 2 rings (SSSR count). The van der Waals surface area contributed by atoms with Crippen molar-refractivity contribution >= 4 is 23.0 Å². The fourth-order valence-corrected chi connectivity index (χ4v) is 2.47. The van der Waals surface area contributed by atoms with Crippen molar-refractivity contribution in [3.63, 3.8) is 0 Å². The Labute approximate surface area is 149 Å². The third-order valence-electron chi connectivity index (χ3n) is 3.60. The van der Waals surface area contributed by atoms with Crippen molar-refractivity contribution < 1.29 is 9.47 Å². The van der Waals surface area contributed by atoms with Crippen LogP contribution in [0, 0.1) is 6.92 Å². The fourth-order valence-electron chi connectivity index (χ4n) is 2.29. The van der Waals surface area contributed by atoms with E-state index in [1.165, 1.54) is 5.56 Å². The van der Waals surface area contributed by atoms with Crippen molar-refractivity contribution in [1.82, 2.24) is 4.90 Å². The summed E-state index contributed by atoms with van der Waals surface area (Å²) < 4.78 is 10.9. The van der Waals surface area contributed by atoms with Gasteiger partial charge in [-0.15, -0.1) is 0 Å². The molecule has 4 nitrogen and oxygen atoms in total. The Kier molecular flexibility index (Phi) is 6.44. The zero-order valence-electron chi connectivity index (χ0n) is 14.6. The fraction of sp³-hybridized carbons (Fsp3) is 0.316. The van der Waals surface area contributed by atoms with E-state index in [4.69, 9.17) is 21.7 Å². The Hall–Kier alpha value is -2.27. The van der Waals surface area contributed by atoms with Crippen molar-refractivity contribution in [2.45, 2.75) is 20.4 Å². The quantitative estimate of drug-likeness (QED) is 0.793. The lowest BCUT2D eigenvalue weighted by molar-refractivity contribution is 0.310. The van der Waals surface area contributed by atoms with Gasteiger partial charge in [-0.05, 0) is 55.9 Å². The second kappa shape index (κ2) is 8.55. The average Bonchev–Trinajstić information content (AvgIpc) is 2.58. The highest BCUT2D eigenvalue weighted by molar-refractivity contribution is 7.80. The third-order valence-corrected chi connectivity index (χ3v) is 4.01. The summed E-state index contributed by atoms with van der Waals surface area (Å²) in [5.74, 6) is 1.49. The second-order valence-electron chi connectivity index (χ2n) is 5.57. The minimum atomic E-state index is 0.611. The smallest absolute Gasteiger partial charge is 0.173 e. The number of benzene rings is 2. The molecule has 0 saturated heterocycles. The van der Waals surface area contributed by atoms with Crippen LogP contribution in [0.1, 0.15) is 18.1 Å². The molecule has 1 N–H and O–H groups in total. The van der Waals surface area contributed by atoms with Crippen LogP contribution in [0.5, 0.6) is 11.5 Å². The van der Waals surface area contributed by atoms with Crippen molar-refractivity contribution in [2.24, 2.45) is 0 Å². The molecule has 2 aromatic carbocycles. The van der Waals surface area contributed by atoms with E-state index in [1.54, 1.807) is 7.11 Å². The zero-order valence-corrected chi connectivity index (χ0v) is 15.4. The third kappa shape index (κ3) is 4.86. The maximum atomic E-state index is 5.55. The first-order chi connectivity index (χ1) is 11.5. The van der Waals surface area contributed by atoms with Crippen LogP contribution in [0.2, 0.25) is 0 Å². The largest absolute Gasteiger partial charge is 0.493 e. The number of nitrogens with one attached hydrogen (secondary N) is 1. The monoisotopic (exact) mass is 344 g/mol. The molecule has 0 heterocycles. The number of anilines is 1. The van der Waals surface area contributed by atoms with E-state index in [1.807, 2.05) is 49.2 Å². The lowest BCUT2D eigenvalue weighted by Crippen LogP contribution is -2.30. The molecule has 0 radical (unpaired) electrons. The van der Waals surface area contributed by atoms with Crippen LogP contribution in [0.15, 0.2) is 42.5 Å². The summed E-state index contributed by atoms with van der Waals surface area (Å²) in [6.45, 7) is 5.31. The molecule has 0 amide bonds. The van der Waals surface area contributed by atoms with E-state index in [0.717, 1.165) is 22.7 Å². The SMILES string of the molecule is CCOc1ccc(CN(C)C(=S)Nc2ccc(C)cc2)cc1OC. The van der Waals surface area contributed by atoms with Gasteiger partial charge in [-0.2, -0.15) is 0 Å². The molecule has 0 aliphatic carbocycles. The van der Waals surface area contributed by atoms with Gasteiger partial charge in [-0.25, -0.2) is 0 Å². The van der Waals surface area contributed by atoms with Crippen LogP contribution in [0.3, 0.4) is 0 Å². The first-order valence-corrected chi connectivity index (χ1v) is 8.32. The predicted octanol–water partition coefficient (Wildman–Crippen LogP) is 4.23. The molecule has 0 bridgehead atoms. The molecule has 0 saturated carbocycles. The van der Waals surface area contributed by atoms with Crippen LogP contribution in [0.25, 0.3) is 0 Å². The molecular weight excluding hydrogens is 320 g/mol. The summed E-state index contributed by atoms with van der Waals surface area (Å²) in [4.78, 5) is 1.99. The number of nitrogens with zero attached hydrogens (tertiary/aromatic N) is 1. The molecular formula is C19H24N2O2S. The summed E-state index contributed by atoms with van der Waals surface area (Å²) in [6, 6.07) is 14.1. The molecule has 0 atom stereocenters. The van der Waals surface area contributed by atoms with Crippen LogP contribution >= 0.6 is 12.2 Å². The average molecular weight is 344 g/mol. The maximum Gasteiger partial charge on any atom is 0.173 e. The molecule has 0 aromatic heterocycles. The number of thiocarbonyl (C=S) groups is 1. The summed E-state index contributed by atoms with van der Waals surface area (Å²) in [7, 11) is 3.61. The number of hydrogen-bond donors (Lipinski definition) is 1. The molecule has 5 heteroatoms. The summed E-state index contributed by atoms with van der Waals surface area (Å²) >= 11 is 5.48. The lowest BCUT2D eigenvalue weighted by Gasteiger charge is -2.22. The Morgan fingerprint density at radius 3 is 2.46 bits per heavy atom. The summed E-state index contributed by atoms with van der Waals surface area (Å²) in [5, 5.41) is 3.92. The van der Waals surface area contributed by atoms with Gasteiger partial charge in [0, 0.05) is 19.3 Å². The van der Waals surface area contributed by atoms with Gasteiger partial charge in [0.1, 0.15) is 0 Å². The van der Waals surface area contributed by atoms with E-state index in [0.29, 0.717) is 18.3 Å². The molecule has 0 aliphatic heterocycles. The topological polar surface area (TPSA) is 33.7 Å².